The number of hydrogen-bond acceptors (Lipinski definition) is 1. The Hall–Kier alpha value is -2.22. The Balaban J connectivity index is 0.00000102. The fourth-order valence-corrected chi connectivity index (χ4v) is 4.56. The summed E-state index contributed by atoms with van der Waals surface area (Å²) in [5, 5.41) is 2.45. The number of halogens is 1. The van der Waals surface area contributed by atoms with Gasteiger partial charge in [0.25, 0.3) is 0 Å². The predicted molar refractivity (Wildman–Crippen MR) is 158 cm³/mol. The van der Waals surface area contributed by atoms with Crippen LogP contribution in [0, 0.1) is 12.8 Å². The fourth-order valence-electron chi connectivity index (χ4n) is 4.56. The third-order valence-electron chi connectivity index (χ3n) is 5.85. The standard InChI is InChI=1S/C23H24FN.2C3H8.2C2H6/c1-5-6-7-15-9-11-18(24)21-19(15)22-20-16(12-13-25-22)14(2)8-10-17(20)23(21,3)4;2*1-3-2;2*1-2/h5-6,8,10-13,15H,7,9H2,1-4H3;2*3H2,1-2H3;2*1-2H3. The molecule has 2 aliphatic rings. The first-order chi connectivity index (χ1) is 16.8. The highest BCUT2D eigenvalue weighted by Crippen LogP contribution is 2.53. The van der Waals surface area contributed by atoms with Crippen molar-refractivity contribution in [3.05, 3.63) is 70.8 Å². The summed E-state index contributed by atoms with van der Waals surface area (Å²) in [5.74, 6) is 0.221. The third-order valence-corrected chi connectivity index (χ3v) is 5.85. The van der Waals surface area contributed by atoms with Crippen LogP contribution in [-0.2, 0) is 5.41 Å². The first kappa shape index (κ1) is 32.8. The summed E-state index contributed by atoms with van der Waals surface area (Å²) in [7, 11) is 0. The average molecular weight is 482 g/mol. The van der Waals surface area contributed by atoms with Gasteiger partial charge in [0, 0.05) is 22.6 Å². The molecular weight excluding hydrogens is 429 g/mol. The molecule has 0 saturated heterocycles. The fraction of sp³-hybridized carbons (Fsp3) is 0.545. The molecule has 0 aliphatic heterocycles. The molecule has 0 amide bonds. The average Bonchev–Trinajstić information content (AvgIpc) is 2.86. The van der Waals surface area contributed by atoms with Crippen LogP contribution in [-0.4, -0.2) is 4.98 Å². The molecule has 1 heterocycles. The van der Waals surface area contributed by atoms with Crippen LogP contribution in [0.5, 0.6) is 0 Å². The van der Waals surface area contributed by atoms with Crippen LogP contribution in [0.4, 0.5) is 4.39 Å². The van der Waals surface area contributed by atoms with E-state index in [2.05, 4.69) is 78.8 Å². The predicted octanol–water partition coefficient (Wildman–Crippen LogP) is 11.3. The zero-order chi connectivity index (χ0) is 27.2. The van der Waals surface area contributed by atoms with E-state index in [-0.39, 0.29) is 17.2 Å². The van der Waals surface area contributed by atoms with Gasteiger partial charge in [-0.1, -0.05) is 106 Å². The lowest BCUT2D eigenvalue weighted by Gasteiger charge is -2.40. The van der Waals surface area contributed by atoms with Crippen LogP contribution in [0.25, 0.3) is 16.3 Å². The molecule has 196 valence electrons. The highest BCUT2D eigenvalue weighted by molar-refractivity contribution is 6.01. The molecule has 2 aliphatic carbocycles. The highest BCUT2D eigenvalue weighted by atomic mass is 19.1. The molecule has 1 aromatic carbocycles. The van der Waals surface area contributed by atoms with Gasteiger partial charge < -0.3 is 0 Å². The number of fused-ring (bicyclic) bond motifs is 1. The summed E-state index contributed by atoms with van der Waals surface area (Å²) in [6.07, 6.45) is 12.1. The molecule has 1 nitrogen and oxygen atoms in total. The van der Waals surface area contributed by atoms with Crippen LogP contribution in [0.3, 0.4) is 0 Å². The number of benzene rings is 1. The van der Waals surface area contributed by atoms with Crippen molar-refractivity contribution in [1.82, 2.24) is 4.98 Å². The maximum atomic E-state index is 15.0. The van der Waals surface area contributed by atoms with E-state index in [1.165, 1.54) is 34.7 Å². The Morgan fingerprint density at radius 2 is 1.57 bits per heavy atom. The summed E-state index contributed by atoms with van der Waals surface area (Å²) in [6.45, 7) is 25.0. The number of nitrogens with zero attached hydrogens (tertiary/aromatic N) is 1. The normalized spacial score (nSPS) is 16.8. The van der Waals surface area contributed by atoms with Crippen LogP contribution < -0.4 is 0 Å². The maximum Gasteiger partial charge on any atom is 0.123 e. The summed E-state index contributed by atoms with van der Waals surface area (Å²) < 4.78 is 15.0. The van der Waals surface area contributed by atoms with Gasteiger partial charge in [0.05, 0.1) is 5.69 Å². The second-order valence-corrected chi connectivity index (χ2v) is 9.13. The van der Waals surface area contributed by atoms with Crippen molar-refractivity contribution in [2.45, 2.75) is 114 Å². The van der Waals surface area contributed by atoms with Crippen molar-refractivity contribution in [2.24, 2.45) is 5.92 Å². The van der Waals surface area contributed by atoms with Gasteiger partial charge in [0.2, 0.25) is 0 Å². The topological polar surface area (TPSA) is 12.9 Å². The number of hydrogen-bond donors (Lipinski definition) is 0. The molecule has 0 radical (unpaired) electrons. The zero-order valence-corrected chi connectivity index (χ0v) is 24.8. The molecule has 0 fully saturated rings. The van der Waals surface area contributed by atoms with Crippen molar-refractivity contribution >= 4 is 16.3 Å². The van der Waals surface area contributed by atoms with Crippen molar-refractivity contribution in [1.29, 1.82) is 0 Å². The van der Waals surface area contributed by atoms with Gasteiger partial charge in [-0.25, -0.2) is 4.39 Å². The van der Waals surface area contributed by atoms with Crippen LogP contribution in [0.15, 0.2) is 54.0 Å². The van der Waals surface area contributed by atoms with E-state index < -0.39 is 0 Å². The lowest BCUT2D eigenvalue weighted by molar-refractivity contribution is 0.524. The van der Waals surface area contributed by atoms with Gasteiger partial charge in [-0.2, -0.15) is 0 Å². The number of aryl methyl sites for hydroxylation is 1. The monoisotopic (exact) mass is 481 g/mol. The minimum Gasteiger partial charge on any atom is -0.256 e. The summed E-state index contributed by atoms with van der Waals surface area (Å²) >= 11 is 0. The molecule has 1 aromatic heterocycles. The molecule has 1 atom stereocenters. The molecule has 35 heavy (non-hydrogen) atoms. The summed E-state index contributed by atoms with van der Waals surface area (Å²) in [4.78, 5) is 4.75. The first-order valence-electron chi connectivity index (χ1n) is 13.9. The minimum absolute atomic E-state index is 0.0678. The van der Waals surface area contributed by atoms with Crippen LogP contribution >= 0.6 is 0 Å². The van der Waals surface area contributed by atoms with E-state index >= 15 is 4.39 Å². The van der Waals surface area contributed by atoms with E-state index in [0.717, 1.165) is 29.7 Å². The lowest BCUT2D eigenvalue weighted by atomic mass is 9.64. The summed E-state index contributed by atoms with van der Waals surface area (Å²) in [5.41, 5.74) is 5.02. The van der Waals surface area contributed by atoms with Crippen molar-refractivity contribution in [3.8, 4) is 0 Å². The minimum atomic E-state index is -0.355. The third kappa shape index (κ3) is 7.38. The van der Waals surface area contributed by atoms with E-state index in [0.29, 0.717) is 0 Å². The molecule has 0 bridgehead atoms. The van der Waals surface area contributed by atoms with Gasteiger partial charge in [-0.05, 0) is 66.8 Å². The number of rotatable bonds is 2. The van der Waals surface area contributed by atoms with E-state index in [1.807, 2.05) is 40.8 Å². The Bertz CT molecular complexity index is 988. The van der Waals surface area contributed by atoms with Gasteiger partial charge in [0.15, 0.2) is 0 Å². The Morgan fingerprint density at radius 3 is 2.11 bits per heavy atom. The Kier molecular flexibility index (Phi) is 15.4. The number of pyridine rings is 1. The quantitative estimate of drug-likeness (QED) is 0.389. The van der Waals surface area contributed by atoms with Crippen molar-refractivity contribution in [3.63, 3.8) is 0 Å². The maximum absolute atomic E-state index is 15.0. The number of allylic oxidation sites excluding steroid dienone is 6. The van der Waals surface area contributed by atoms with Gasteiger partial charge in [-0.3, -0.25) is 4.98 Å². The van der Waals surface area contributed by atoms with E-state index in [4.69, 9.17) is 4.98 Å². The molecule has 0 saturated carbocycles. The largest absolute Gasteiger partial charge is 0.256 e. The van der Waals surface area contributed by atoms with E-state index in [1.54, 1.807) is 6.08 Å². The SMILES string of the molecule is CC.CC.CC=CCC1CC=C(F)C2=C1c1nccc3c(C)ccc(c13)C2(C)C.CCC.CCC. The van der Waals surface area contributed by atoms with Crippen molar-refractivity contribution in [2.75, 3.05) is 0 Å². The van der Waals surface area contributed by atoms with Gasteiger partial charge in [0.1, 0.15) is 5.83 Å². The molecule has 2 aromatic rings. The molecule has 4 rings (SSSR count). The highest BCUT2D eigenvalue weighted by Gasteiger charge is 2.41. The first-order valence-corrected chi connectivity index (χ1v) is 13.9. The lowest BCUT2D eigenvalue weighted by Crippen LogP contribution is -2.30. The van der Waals surface area contributed by atoms with E-state index in [9.17, 15) is 0 Å². The molecule has 1 unspecified atom stereocenters. The second-order valence-electron chi connectivity index (χ2n) is 9.13. The molecule has 0 N–H and O–H groups in total. The van der Waals surface area contributed by atoms with Gasteiger partial charge in [-0.15, -0.1) is 0 Å². The molecular formula is C33H52FN. The van der Waals surface area contributed by atoms with Crippen LogP contribution in [0.2, 0.25) is 0 Å². The second kappa shape index (κ2) is 16.5. The number of aromatic nitrogens is 1. The molecule has 0 spiro atoms. The van der Waals surface area contributed by atoms with Crippen molar-refractivity contribution < 1.29 is 4.39 Å². The summed E-state index contributed by atoms with van der Waals surface area (Å²) in [6, 6.07) is 6.40. The van der Waals surface area contributed by atoms with Gasteiger partial charge >= 0.3 is 0 Å². The smallest absolute Gasteiger partial charge is 0.123 e. The molecule has 2 heteroatoms. The zero-order valence-electron chi connectivity index (χ0n) is 24.8. The Labute approximate surface area is 216 Å². The Morgan fingerprint density at radius 1 is 1.00 bits per heavy atom. The van der Waals surface area contributed by atoms with Crippen LogP contribution in [0.1, 0.15) is 119 Å².